The number of anilines is 1. The molecule has 96 valence electrons. The third-order valence-corrected chi connectivity index (χ3v) is 3.61. The molecule has 0 spiro atoms. The van der Waals surface area contributed by atoms with E-state index in [4.69, 9.17) is 28.9 Å². The minimum absolute atomic E-state index is 0.212. The van der Waals surface area contributed by atoms with Gasteiger partial charge in [-0.3, -0.25) is 4.79 Å². The predicted octanol–water partition coefficient (Wildman–Crippen LogP) is 2.53. The number of hydrogen-bond donors (Lipinski definition) is 2. The van der Waals surface area contributed by atoms with Crippen LogP contribution in [0.25, 0.3) is 11.0 Å². The number of benzene rings is 1. The quantitative estimate of drug-likeness (QED) is 0.913. The molecule has 1 heterocycles. The highest BCUT2D eigenvalue weighted by atomic mass is 35.5. The van der Waals surface area contributed by atoms with Crippen molar-refractivity contribution in [3.05, 3.63) is 16.1 Å². The molecule has 2 rings (SSSR count). The van der Waals surface area contributed by atoms with Crippen molar-refractivity contribution in [1.82, 2.24) is 8.75 Å². The van der Waals surface area contributed by atoms with E-state index in [0.717, 1.165) is 11.7 Å². The molecule has 5 nitrogen and oxygen atoms in total. The van der Waals surface area contributed by atoms with E-state index in [0.29, 0.717) is 26.8 Å². The maximum absolute atomic E-state index is 11.8. The van der Waals surface area contributed by atoms with Crippen LogP contribution in [0.1, 0.15) is 6.92 Å². The molecule has 8 heteroatoms. The number of aromatic nitrogens is 2. The van der Waals surface area contributed by atoms with Crippen molar-refractivity contribution in [2.75, 3.05) is 11.9 Å². The largest absolute Gasteiger partial charge is 0.330 e. The van der Waals surface area contributed by atoms with Crippen LogP contribution in [0.3, 0.4) is 0 Å². The van der Waals surface area contributed by atoms with Crippen molar-refractivity contribution in [3.8, 4) is 0 Å². The van der Waals surface area contributed by atoms with Gasteiger partial charge in [-0.25, -0.2) is 0 Å². The second-order valence-electron chi connectivity index (χ2n) is 3.80. The fourth-order valence-corrected chi connectivity index (χ4v) is 2.51. The highest BCUT2D eigenvalue weighted by molar-refractivity contribution is 7.00. The summed E-state index contributed by atoms with van der Waals surface area (Å²) in [6.45, 7) is 1.99. The molecule has 0 aliphatic heterocycles. The molecule has 0 fully saturated rings. The van der Waals surface area contributed by atoms with Gasteiger partial charge in [0.1, 0.15) is 11.0 Å². The summed E-state index contributed by atoms with van der Waals surface area (Å²) >= 11 is 13.1. The first-order valence-corrected chi connectivity index (χ1v) is 6.64. The SMILES string of the molecule is CC(CN)C(=O)Nc1c(Cl)cc(Cl)c2nsnc12. The summed E-state index contributed by atoms with van der Waals surface area (Å²) in [6.07, 6.45) is 0. The second-order valence-corrected chi connectivity index (χ2v) is 5.15. The van der Waals surface area contributed by atoms with Crippen LogP contribution < -0.4 is 11.1 Å². The first-order chi connectivity index (χ1) is 8.54. The Labute approximate surface area is 118 Å². The van der Waals surface area contributed by atoms with Gasteiger partial charge >= 0.3 is 0 Å². The van der Waals surface area contributed by atoms with Gasteiger partial charge in [-0.2, -0.15) is 8.75 Å². The number of amides is 1. The first-order valence-electron chi connectivity index (χ1n) is 5.15. The molecule has 0 saturated carbocycles. The molecule has 1 atom stereocenters. The van der Waals surface area contributed by atoms with Crippen molar-refractivity contribution >= 4 is 57.6 Å². The molecule has 0 aliphatic rings. The van der Waals surface area contributed by atoms with Gasteiger partial charge in [0.15, 0.2) is 0 Å². The second kappa shape index (κ2) is 5.36. The van der Waals surface area contributed by atoms with Crippen LogP contribution in [0.2, 0.25) is 10.0 Å². The van der Waals surface area contributed by atoms with E-state index in [1.165, 1.54) is 6.07 Å². The zero-order valence-corrected chi connectivity index (χ0v) is 11.7. The average Bonchev–Trinajstić information content (AvgIpc) is 2.82. The van der Waals surface area contributed by atoms with Crippen molar-refractivity contribution < 1.29 is 4.79 Å². The third-order valence-electron chi connectivity index (χ3n) is 2.49. The van der Waals surface area contributed by atoms with Crippen molar-refractivity contribution in [2.45, 2.75) is 6.92 Å². The molecule has 0 saturated heterocycles. The lowest BCUT2D eigenvalue weighted by atomic mass is 10.1. The number of nitrogens with one attached hydrogen (secondary N) is 1. The van der Waals surface area contributed by atoms with Crippen molar-refractivity contribution in [3.63, 3.8) is 0 Å². The maximum Gasteiger partial charge on any atom is 0.228 e. The smallest absolute Gasteiger partial charge is 0.228 e. The van der Waals surface area contributed by atoms with E-state index in [2.05, 4.69) is 14.1 Å². The number of carbonyl (C=O) groups is 1. The average molecular weight is 305 g/mol. The highest BCUT2D eigenvalue weighted by Gasteiger charge is 2.18. The molecule has 1 aromatic heterocycles. The highest BCUT2D eigenvalue weighted by Crippen LogP contribution is 2.35. The molecule has 2 aromatic rings. The van der Waals surface area contributed by atoms with Crippen LogP contribution in [0.4, 0.5) is 5.69 Å². The monoisotopic (exact) mass is 304 g/mol. The normalized spacial score (nSPS) is 12.7. The Morgan fingerprint density at radius 2 is 2.11 bits per heavy atom. The molecular weight excluding hydrogens is 295 g/mol. The standard InChI is InChI=1S/C10H10Cl2N4OS/c1-4(3-13)10(17)14-7-5(11)2-6(12)8-9(7)16-18-15-8/h2,4H,3,13H2,1H3,(H,14,17). The lowest BCUT2D eigenvalue weighted by molar-refractivity contribution is -0.119. The maximum atomic E-state index is 11.8. The van der Waals surface area contributed by atoms with E-state index >= 15 is 0 Å². The van der Waals surface area contributed by atoms with Crippen molar-refractivity contribution in [2.24, 2.45) is 11.7 Å². The first kappa shape index (κ1) is 13.5. The van der Waals surface area contributed by atoms with Crippen LogP contribution in [-0.4, -0.2) is 21.2 Å². The van der Waals surface area contributed by atoms with E-state index < -0.39 is 0 Å². The number of fused-ring (bicyclic) bond motifs is 1. The van der Waals surface area contributed by atoms with Gasteiger partial charge < -0.3 is 11.1 Å². The molecule has 3 N–H and O–H groups in total. The van der Waals surface area contributed by atoms with E-state index in [1.807, 2.05) is 0 Å². The summed E-state index contributed by atoms with van der Waals surface area (Å²) in [5, 5.41) is 3.45. The van der Waals surface area contributed by atoms with Crippen molar-refractivity contribution in [1.29, 1.82) is 0 Å². The van der Waals surface area contributed by atoms with E-state index in [9.17, 15) is 4.79 Å². The fraction of sp³-hybridized carbons (Fsp3) is 0.300. The summed E-state index contributed by atoms with van der Waals surface area (Å²) in [6, 6.07) is 1.54. The van der Waals surface area contributed by atoms with Gasteiger partial charge in [0.05, 0.1) is 27.5 Å². The topological polar surface area (TPSA) is 80.9 Å². The Hall–Kier alpha value is -0.950. The number of rotatable bonds is 3. The van der Waals surface area contributed by atoms with Crippen LogP contribution in [-0.2, 0) is 4.79 Å². The van der Waals surface area contributed by atoms with Gasteiger partial charge in [0.2, 0.25) is 5.91 Å². The van der Waals surface area contributed by atoms with Crippen LogP contribution in [0, 0.1) is 5.92 Å². The number of hydrogen-bond acceptors (Lipinski definition) is 5. The summed E-state index contributed by atoms with van der Waals surface area (Å²) in [5.41, 5.74) is 6.89. The van der Waals surface area contributed by atoms with Gasteiger partial charge in [0, 0.05) is 12.5 Å². The van der Waals surface area contributed by atoms with Gasteiger partial charge in [-0.15, -0.1) is 0 Å². The number of nitrogens with zero attached hydrogens (tertiary/aromatic N) is 2. The molecule has 1 unspecified atom stereocenters. The van der Waals surface area contributed by atoms with Crippen LogP contribution >= 0.6 is 34.9 Å². The minimum atomic E-state index is -0.307. The molecule has 0 aliphatic carbocycles. The number of carbonyl (C=O) groups excluding carboxylic acids is 1. The number of nitrogens with two attached hydrogens (primary N) is 1. The Balaban J connectivity index is 2.44. The third kappa shape index (κ3) is 2.42. The zero-order chi connectivity index (χ0) is 13.3. The van der Waals surface area contributed by atoms with Gasteiger partial charge in [-0.1, -0.05) is 30.1 Å². The summed E-state index contributed by atoms with van der Waals surface area (Å²) in [7, 11) is 0. The van der Waals surface area contributed by atoms with Crippen LogP contribution in [0.15, 0.2) is 6.07 Å². The van der Waals surface area contributed by atoms with Crippen LogP contribution in [0.5, 0.6) is 0 Å². The molecule has 18 heavy (non-hydrogen) atoms. The summed E-state index contributed by atoms with van der Waals surface area (Å²) in [4.78, 5) is 11.8. The Bertz CT molecular complexity index is 601. The molecule has 1 amide bonds. The Morgan fingerprint density at radius 3 is 2.78 bits per heavy atom. The van der Waals surface area contributed by atoms with E-state index in [1.54, 1.807) is 6.92 Å². The molecular formula is C10H10Cl2N4OS. The predicted molar refractivity (Wildman–Crippen MR) is 74.3 cm³/mol. The molecule has 0 radical (unpaired) electrons. The summed E-state index contributed by atoms with van der Waals surface area (Å²) < 4.78 is 8.15. The van der Waals surface area contributed by atoms with Gasteiger partial charge in [-0.05, 0) is 6.07 Å². The Morgan fingerprint density at radius 1 is 1.44 bits per heavy atom. The summed E-state index contributed by atoms with van der Waals surface area (Å²) in [5.74, 6) is -0.519. The number of halogens is 2. The minimum Gasteiger partial charge on any atom is -0.330 e. The molecule has 0 bridgehead atoms. The molecule has 1 aromatic carbocycles. The Kier molecular flexibility index (Phi) is 4.01. The lowest BCUT2D eigenvalue weighted by Gasteiger charge is -2.11. The van der Waals surface area contributed by atoms with E-state index in [-0.39, 0.29) is 18.4 Å². The lowest BCUT2D eigenvalue weighted by Crippen LogP contribution is -2.26. The zero-order valence-electron chi connectivity index (χ0n) is 9.41. The fourth-order valence-electron chi connectivity index (χ4n) is 1.35. The van der Waals surface area contributed by atoms with Gasteiger partial charge in [0.25, 0.3) is 0 Å².